The maximum Gasteiger partial charge on any atom is 0.136 e. The fourth-order valence-corrected chi connectivity index (χ4v) is 2.72. The van der Waals surface area contributed by atoms with Crippen LogP contribution < -0.4 is 0 Å². The van der Waals surface area contributed by atoms with Gasteiger partial charge in [0.15, 0.2) is 0 Å². The monoisotopic (exact) mass is 164 g/mol. The average molecular weight is 164 g/mol. The second kappa shape index (κ2) is 3.04. The Bertz CT molecular complexity index is 217. The third kappa shape index (κ3) is 1.21. The van der Waals surface area contributed by atoms with E-state index in [2.05, 4.69) is 19.1 Å². The number of fused-ring (bicyclic) bond motifs is 1. The maximum absolute atomic E-state index is 11.6. The number of rotatable bonds is 0. The van der Waals surface area contributed by atoms with E-state index in [1.54, 1.807) is 0 Å². The molecule has 0 bridgehead atoms. The molecule has 0 unspecified atom stereocenters. The van der Waals surface area contributed by atoms with Gasteiger partial charge in [0, 0.05) is 12.3 Å². The molecule has 0 heterocycles. The fourth-order valence-electron chi connectivity index (χ4n) is 2.72. The molecule has 1 saturated carbocycles. The third-order valence-corrected chi connectivity index (χ3v) is 3.32. The summed E-state index contributed by atoms with van der Waals surface area (Å²) in [5.41, 5.74) is 0. The van der Waals surface area contributed by atoms with Crippen molar-refractivity contribution in [2.45, 2.75) is 32.6 Å². The van der Waals surface area contributed by atoms with Gasteiger partial charge in [0.25, 0.3) is 0 Å². The van der Waals surface area contributed by atoms with Gasteiger partial charge in [-0.05, 0) is 31.1 Å². The SMILES string of the molecule is C[C@H]1C=CC[C@@H]2CCCC(=O)[C@@H]21. The molecule has 2 aliphatic rings. The van der Waals surface area contributed by atoms with Gasteiger partial charge in [-0.3, -0.25) is 4.79 Å². The smallest absolute Gasteiger partial charge is 0.136 e. The lowest BCUT2D eigenvalue weighted by atomic mass is 9.68. The van der Waals surface area contributed by atoms with Gasteiger partial charge < -0.3 is 0 Å². The van der Waals surface area contributed by atoms with Gasteiger partial charge in [0.05, 0.1) is 0 Å². The van der Waals surface area contributed by atoms with Crippen LogP contribution in [0.1, 0.15) is 32.6 Å². The largest absolute Gasteiger partial charge is 0.299 e. The van der Waals surface area contributed by atoms with E-state index in [9.17, 15) is 4.79 Å². The van der Waals surface area contributed by atoms with Gasteiger partial charge in [-0.2, -0.15) is 0 Å². The molecule has 66 valence electrons. The normalized spacial score (nSPS) is 41.1. The van der Waals surface area contributed by atoms with Gasteiger partial charge in [-0.1, -0.05) is 19.1 Å². The summed E-state index contributed by atoms with van der Waals surface area (Å²) < 4.78 is 0. The summed E-state index contributed by atoms with van der Waals surface area (Å²) in [7, 11) is 0. The van der Waals surface area contributed by atoms with Gasteiger partial charge >= 0.3 is 0 Å². The molecule has 0 saturated heterocycles. The van der Waals surface area contributed by atoms with E-state index in [0.29, 0.717) is 23.5 Å². The molecule has 0 aromatic rings. The first-order valence-electron chi connectivity index (χ1n) is 4.98. The van der Waals surface area contributed by atoms with Crippen molar-refractivity contribution >= 4 is 5.78 Å². The van der Waals surface area contributed by atoms with E-state index in [1.165, 1.54) is 6.42 Å². The summed E-state index contributed by atoms with van der Waals surface area (Å²) >= 11 is 0. The first-order chi connectivity index (χ1) is 5.79. The van der Waals surface area contributed by atoms with Gasteiger partial charge in [-0.25, -0.2) is 0 Å². The zero-order valence-electron chi connectivity index (χ0n) is 7.62. The molecule has 0 N–H and O–H groups in total. The van der Waals surface area contributed by atoms with Crippen LogP contribution in [0.25, 0.3) is 0 Å². The highest BCUT2D eigenvalue weighted by atomic mass is 16.1. The molecule has 0 aromatic carbocycles. The molecule has 0 amide bonds. The van der Waals surface area contributed by atoms with Crippen LogP contribution in [0.15, 0.2) is 12.2 Å². The number of carbonyl (C=O) groups is 1. The zero-order valence-corrected chi connectivity index (χ0v) is 7.62. The molecular weight excluding hydrogens is 148 g/mol. The highest BCUT2D eigenvalue weighted by molar-refractivity contribution is 5.82. The van der Waals surface area contributed by atoms with E-state index >= 15 is 0 Å². The van der Waals surface area contributed by atoms with E-state index in [0.717, 1.165) is 19.3 Å². The molecule has 3 atom stereocenters. The van der Waals surface area contributed by atoms with Crippen LogP contribution in [0, 0.1) is 17.8 Å². The minimum absolute atomic E-state index is 0.365. The first kappa shape index (κ1) is 8.03. The Morgan fingerprint density at radius 3 is 3.08 bits per heavy atom. The van der Waals surface area contributed by atoms with Gasteiger partial charge in [0.1, 0.15) is 5.78 Å². The number of carbonyl (C=O) groups excluding carboxylic acids is 1. The van der Waals surface area contributed by atoms with Crippen LogP contribution in [0.4, 0.5) is 0 Å². The van der Waals surface area contributed by atoms with Crippen molar-refractivity contribution in [1.29, 1.82) is 0 Å². The van der Waals surface area contributed by atoms with Crippen molar-refractivity contribution in [2.75, 3.05) is 0 Å². The lowest BCUT2D eigenvalue weighted by Gasteiger charge is -2.35. The van der Waals surface area contributed by atoms with Crippen LogP contribution in [0.2, 0.25) is 0 Å². The minimum Gasteiger partial charge on any atom is -0.299 e. The molecule has 1 heteroatoms. The van der Waals surface area contributed by atoms with Crippen molar-refractivity contribution in [3.05, 3.63) is 12.2 Å². The minimum atomic E-state index is 0.365. The van der Waals surface area contributed by atoms with E-state index in [-0.39, 0.29) is 0 Å². The lowest BCUT2D eigenvalue weighted by Crippen LogP contribution is -2.34. The van der Waals surface area contributed by atoms with Gasteiger partial charge in [0.2, 0.25) is 0 Å². The summed E-state index contributed by atoms with van der Waals surface area (Å²) in [5.74, 6) is 2.05. The lowest BCUT2D eigenvalue weighted by molar-refractivity contribution is -0.128. The molecule has 12 heavy (non-hydrogen) atoms. The number of hydrogen-bond donors (Lipinski definition) is 0. The molecule has 1 nitrogen and oxygen atoms in total. The predicted octanol–water partition coefficient (Wildman–Crippen LogP) is 2.57. The third-order valence-electron chi connectivity index (χ3n) is 3.32. The number of allylic oxidation sites excluding steroid dienone is 2. The molecule has 0 aliphatic heterocycles. The molecule has 2 rings (SSSR count). The maximum atomic E-state index is 11.6. The summed E-state index contributed by atoms with van der Waals surface area (Å²) in [6, 6.07) is 0. The van der Waals surface area contributed by atoms with E-state index in [1.807, 2.05) is 0 Å². The predicted molar refractivity (Wildman–Crippen MR) is 48.8 cm³/mol. The molecule has 0 aromatic heterocycles. The van der Waals surface area contributed by atoms with Crippen molar-refractivity contribution in [3.63, 3.8) is 0 Å². The van der Waals surface area contributed by atoms with Crippen molar-refractivity contribution in [3.8, 4) is 0 Å². The quantitative estimate of drug-likeness (QED) is 0.503. The molecule has 0 spiro atoms. The van der Waals surface area contributed by atoms with Crippen molar-refractivity contribution in [1.82, 2.24) is 0 Å². The average Bonchev–Trinajstić information content (AvgIpc) is 2.04. The Hall–Kier alpha value is -0.590. The van der Waals surface area contributed by atoms with Crippen LogP contribution in [0.5, 0.6) is 0 Å². The van der Waals surface area contributed by atoms with Crippen LogP contribution in [0.3, 0.4) is 0 Å². The second-order valence-electron chi connectivity index (χ2n) is 4.17. The molecule has 1 fully saturated rings. The van der Waals surface area contributed by atoms with Crippen LogP contribution in [-0.4, -0.2) is 5.78 Å². The van der Waals surface area contributed by atoms with Crippen molar-refractivity contribution < 1.29 is 4.79 Å². The Morgan fingerprint density at radius 1 is 1.50 bits per heavy atom. The topological polar surface area (TPSA) is 17.1 Å². The number of ketones is 1. The van der Waals surface area contributed by atoms with E-state index < -0.39 is 0 Å². The highest BCUT2D eigenvalue weighted by Crippen LogP contribution is 2.38. The highest BCUT2D eigenvalue weighted by Gasteiger charge is 2.35. The zero-order chi connectivity index (χ0) is 8.55. The Morgan fingerprint density at radius 2 is 2.33 bits per heavy atom. The summed E-state index contributed by atoms with van der Waals surface area (Å²) in [4.78, 5) is 11.6. The Labute approximate surface area is 73.8 Å². The Balaban J connectivity index is 2.20. The summed E-state index contributed by atoms with van der Waals surface area (Å²) in [6.45, 7) is 2.18. The summed E-state index contributed by atoms with van der Waals surface area (Å²) in [6.07, 6.45) is 8.83. The Kier molecular flexibility index (Phi) is 2.03. The molecule has 2 aliphatic carbocycles. The van der Waals surface area contributed by atoms with Gasteiger partial charge in [-0.15, -0.1) is 0 Å². The van der Waals surface area contributed by atoms with Crippen LogP contribution >= 0.6 is 0 Å². The fraction of sp³-hybridized carbons (Fsp3) is 0.727. The molecular formula is C11H16O. The van der Waals surface area contributed by atoms with E-state index in [4.69, 9.17) is 0 Å². The number of Topliss-reactive ketones (excluding diaryl/α,β-unsaturated/α-hetero) is 1. The summed E-state index contributed by atoms with van der Waals surface area (Å²) in [5, 5.41) is 0. The molecule has 0 radical (unpaired) electrons. The van der Waals surface area contributed by atoms with Crippen molar-refractivity contribution in [2.24, 2.45) is 17.8 Å². The first-order valence-corrected chi connectivity index (χ1v) is 4.98. The second-order valence-corrected chi connectivity index (χ2v) is 4.17. The van der Waals surface area contributed by atoms with Crippen LogP contribution in [-0.2, 0) is 4.79 Å². The number of hydrogen-bond acceptors (Lipinski definition) is 1. The standard InChI is InChI=1S/C11H16O/c1-8-4-2-5-9-6-3-7-10(12)11(8)9/h2,4,8-9,11H,3,5-7H2,1H3/t8-,9+,11+/m0/s1.